The Morgan fingerprint density at radius 2 is 2.08 bits per heavy atom. The fraction of sp³-hybridized carbons (Fsp3) is 0.667. The fourth-order valence-electron chi connectivity index (χ4n) is 1.03. The molecule has 0 atom stereocenters. The number of ether oxygens (including phenoxy) is 1. The molecular weight excluding hydrogens is 164 g/mol. The molecule has 6 nitrogen and oxygen atoms in total. The van der Waals surface area contributed by atoms with Crippen LogP contribution in [-0.4, -0.2) is 47.8 Å². The molecule has 1 aliphatic rings. The lowest BCUT2D eigenvalue weighted by molar-refractivity contribution is -0.149. The van der Waals surface area contributed by atoms with E-state index in [0.717, 1.165) is 0 Å². The highest BCUT2D eigenvalue weighted by Gasteiger charge is 2.48. The van der Waals surface area contributed by atoms with E-state index in [0.29, 0.717) is 0 Å². The van der Waals surface area contributed by atoms with Gasteiger partial charge < -0.3 is 20.5 Å². The van der Waals surface area contributed by atoms with Crippen LogP contribution in [0.25, 0.3) is 0 Å². The molecule has 6 heteroatoms. The fourth-order valence-corrected chi connectivity index (χ4v) is 1.03. The van der Waals surface area contributed by atoms with Crippen molar-refractivity contribution in [2.24, 2.45) is 5.73 Å². The van der Waals surface area contributed by atoms with E-state index >= 15 is 0 Å². The predicted octanol–water partition coefficient (Wildman–Crippen LogP) is -1.15. The van der Waals surface area contributed by atoms with E-state index in [1.807, 2.05) is 0 Å². The number of carbonyl (C=O) groups excluding carboxylic acids is 1. The first-order valence-corrected chi connectivity index (χ1v) is 3.35. The molecule has 0 unspecified atom stereocenters. The van der Waals surface area contributed by atoms with E-state index in [4.69, 9.17) is 10.8 Å². The largest absolute Gasteiger partial charge is 0.480 e. The summed E-state index contributed by atoms with van der Waals surface area (Å²) in [6.45, 7) is 0.0179. The van der Waals surface area contributed by atoms with Gasteiger partial charge in [-0.3, -0.25) is 4.79 Å². The monoisotopic (exact) mass is 174 g/mol. The van der Waals surface area contributed by atoms with Crippen molar-refractivity contribution in [3.05, 3.63) is 0 Å². The highest BCUT2D eigenvalue weighted by Crippen LogP contribution is 2.18. The summed E-state index contributed by atoms with van der Waals surface area (Å²) in [6.07, 6.45) is -0.544. The number of aliphatic carboxylic acids is 1. The minimum absolute atomic E-state index is 0.00894. The molecule has 0 aliphatic carbocycles. The van der Waals surface area contributed by atoms with Crippen molar-refractivity contribution in [2.45, 2.75) is 5.54 Å². The number of nitrogens with zero attached hydrogens (tertiary/aromatic N) is 1. The maximum Gasteiger partial charge on any atom is 0.409 e. The summed E-state index contributed by atoms with van der Waals surface area (Å²) in [4.78, 5) is 22.4. The molecule has 0 aromatic carbocycles. The van der Waals surface area contributed by atoms with Gasteiger partial charge in [-0.2, -0.15) is 0 Å². The van der Waals surface area contributed by atoms with Crippen LogP contribution in [0.2, 0.25) is 0 Å². The highest BCUT2D eigenvalue weighted by atomic mass is 16.5. The van der Waals surface area contributed by atoms with Crippen molar-refractivity contribution in [2.75, 3.05) is 20.2 Å². The Morgan fingerprint density at radius 3 is 2.42 bits per heavy atom. The molecule has 0 bridgehead atoms. The van der Waals surface area contributed by atoms with Crippen LogP contribution in [0.1, 0.15) is 0 Å². The Labute approximate surface area is 68.9 Å². The van der Waals surface area contributed by atoms with E-state index in [1.165, 1.54) is 12.0 Å². The third-order valence-electron chi connectivity index (χ3n) is 1.80. The highest BCUT2D eigenvalue weighted by molar-refractivity contribution is 5.83. The molecule has 1 fully saturated rings. The van der Waals surface area contributed by atoms with Crippen LogP contribution in [0.3, 0.4) is 0 Å². The van der Waals surface area contributed by atoms with Crippen LogP contribution < -0.4 is 5.73 Å². The number of rotatable bonds is 1. The number of likely N-dealkylation sites (tertiary alicyclic amines) is 1. The Kier molecular flexibility index (Phi) is 1.93. The van der Waals surface area contributed by atoms with Gasteiger partial charge in [0, 0.05) is 0 Å². The summed E-state index contributed by atoms with van der Waals surface area (Å²) in [7, 11) is 1.24. The molecule has 0 aromatic rings. The number of nitrogens with two attached hydrogens (primary N) is 1. The summed E-state index contributed by atoms with van der Waals surface area (Å²) in [5.41, 5.74) is 4.10. The molecule has 1 heterocycles. The van der Waals surface area contributed by atoms with Gasteiger partial charge in [0.2, 0.25) is 0 Å². The van der Waals surface area contributed by atoms with Crippen LogP contribution in [0.5, 0.6) is 0 Å². The number of carbonyl (C=O) groups is 2. The summed E-state index contributed by atoms with van der Waals surface area (Å²) < 4.78 is 4.37. The second-order valence-electron chi connectivity index (χ2n) is 2.79. The Balaban J connectivity index is 2.47. The molecule has 3 N–H and O–H groups in total. The van der Waals surface area contributed by atoms with Crippen LogP contribution >= 0.6 is 0 Å². The second-order valence-corrected chi connectivity index (χ2v) is 2.79. The van der Waals surface area contributed by atoms with Crippen molar-refractivity contribution in [1.29, 1.82) is 0 Å². The van der Waals surface area contributed by atoms with E-state index < -0.39 is 17.6 Å². The first kappa shape index (κ1) is 8.79. The molecule has 1 saturated heterocycles. The van der Waals surface area contributed by atoms with Gasteiger partial charge in [0.1, 0.15) is 5.54 Å². The molecule has 1 rings (SSSR count). The molecular formula is C6H10N2O4. The van der Waals surface area contributed by atoms with Crippen LogP contribution in [0.15, 0.2) is 0 Å². The predicted molar refractivity (Wildman–Crippen MR) is 38.5 cm³/mol. The van der Waals surface area contributed by atoms with E-state index in [2.05, 4.69) is 4.74 Å². The van der Waals surface area contributed by atoms with Crippen LogP contribution in [-0.2, 0) is 9.53 Å². The van der Waals surface area contributed by atoms with E-state index in [1.54, 1.807) is 0 Å². The van der Waals surface area contributed by atoms with Gasteiger partial charge in [-0.25, -0.2) is 4.79 Å². The van der Waals surface area contributed by atoms with Crippen LogP contribution in [0.4, 0.5) is 4.79 Å². The van der Waals surface area contributed by atoms with Gasteiger partial charge in [-0.1, -0.05) is 0 Å². The molecule has 0 radical (unpaired) electrons. The normalized spacial score (nSPS) is 19.7. The first-order chi connectivity index (χ1) is 5.49. The Bertz CT molecular complexity index is 222. The van der Waals surface area contributed by atoms with E-state index in [9.17, 15) is 9.59 Å². The van der Waals surface area contributed by atoms with Gasteiger partial charge in [0.05, 0.1) is 20.2 Å². The standard InChI is InChI=1S/C6H10N2O4/c1-12-5(11)8-2-6(7,3-8)4(9)10/h2-3,7H2,1H3,(H,9,10). The maximum absolute atomic E-state index is 10.8. The first-order valence-electron chi connectivity index (χ1n) is 3.35. The van der Waals surface area contributed by atoms with Gasteiger partial charge in [0.25, 0.3) is 0 Å². The molecule has 1 aliphatic heterocycles. The maximum atomic E-state index is 10.8. The number of hydrogen-bond acceptors (Lipinski definition) is 4. The second kappa shape index (κ2) is 2.63. The van der Waals surface area contributed by atoms with Crippen LogP contribution in [0, 0.1) is 0 Å². The van der Waals surface area contributed by atoms with Crippen molar-refractivity contribution in [1.82, 2.24) is 4.90 Å². The van der Waals surface area contributed by atoms with Gasteiger partial charge in [-0.15, -0.1) is 0 Å². The lowest BCUT2D eigenvalue weighted by atomic mass is 9.92. The Morgan fingerprint density at radius 1 is 1.58 bits per heavy atom. The number of methoxy groups -OCH3 is 1. The SMILES string of the molecule is COC(=O)N1CC(N)(C(=O)O)C1. The van der Waals surface area contributed by atoms with Gasteiger partial charge in [0.15, 0.2) is 0 Å². The zero-order valence-electron chi connectivity index (χ0n) is 6.61. The summed E-state index contributed by atoms with van der Waals surface area (Å²) in [5.74, 6) is -1.09. The summed E-state index contributed by atoms with van der Waals surface area (Å²) >= 11 is 0. The average molecular weight is 174 g/mol. The molecule has 12 heavy (non-hydrogen) atoms. The van der Waals surface area contributed by atoms with Crippen molar-refractivity contribution in [3.63, 3.8) is 0 Å². The zero-order valence-corrected chi connectivity index (χ0v) is 6.61. The minimum Gasteiger partial charge on any atom is -0.480 e. The number of amides is 1. The molecule has 68 valence electrons. The van der Waals surface area contributed by atoms with E-state index in [-0.39, 0.29) is 13.1 Å². The third-order valence-corrected chi connectivity index (χ3v) is 1.80. The van der Waals surface area contributed by atoms with Gasteiger partial charge >= 0.3 is 12.1 Å². The third kappa shape index (κ3) is 1.20. The lowest BCUT2D eigenvalue weighted by Crippen LogP contribution is -2.72. The summed E-state index contributed by atoms with van der Waals surface area (Å²) in [6, 6.07) is 0. The minimum atomic E-state index is -1.28. The topological polar surface area (TPSA) is 92.9 Å². The number of hydrogen-bond donors (Lipinski definition) is 2. The number of carboxylic acid groups (broad SMARTS) is 1. The quantitative estimate of drug-likeness (QED) is 0.523. The smallest absolute Gasteiger partial charge is 0.409 e. The molecule has 1 amide bonds. The lowest BCUT2D eigenvalue weighted by Gasteiger charge is -2.43. The van der Waals surface area contributed by atoms with Crippen molar-refractivity contribution in [3.8, 4) is 0 Å². The Hall–Kier alpha value is -1.30. The molecule has 0 aromatic heterocycles. The number of carboxylic acids is 1. The van der Waals surface area contributed by atoms with Gasteiger partial charge in [-0.05, 0) is 0 Å². The molecule has 0 spiro atoms. The summed E-state index contributed by atoms with van der Waals surface area (Å²) in [5, 5.41) is 8.56. The van der Waals surface area contributed by atoms with Crippen molar-refractivity contribution < 1.29 is 19.4 Å². The van der Waals surface area contributed by atoms with Crippen molar-refractivity contribution >= 4 is 12.1 Å². The average Bonchev–Trinajstić information content (AvgIpc) is 1.96. The zero-order chi connectivity index (χ0) is 9.35. The molecule has 0 saturated carbocycles.